The summed E-state index contributed by atoms with van der Waals surface area (Å²) >= 11 is 0. The second-order valence-corrected chi connectivity index (χ2v) is 3.19. The second kappa shape index (κ2) is 6.32. The largest absolute Gasteiger partial charge is 0.385 e. The van der Waals surface area contributed by atoms with E-state index in [0.29, 0.717) is 0 Å². The molecule has 0 aliphatic rings. The molecule has 0 radical (unpaired) electrons. The van der Waals surface area contributed by atoms with Crippen LogP contribution in [0.5, 0.6) is 0 Å². The lowest BCUT2D eigenvalue weighted by molar-refractivity contribution is 0.194. The molecule has 0 saturated heterocycles. The number of nitrogens with zero attached hydrogens (tertiary/aromatic N) is 2. The van der Waals surface area contributed by atoms with Crippen LogP contribution in [0.2, 0.25) is 0 Å². The van der Waals surface area contributed by atoms with Gasteiger partial charge < -0.3 is 10.1 Å². The van der Waals surface area contributed by atoms with Crippen molar-refractivity contribution >= 4 is 5.82 Å². The smallest absolute Gasteiger partial charge is 0.148 e. The molecule has 0 bridgehead atoms. The van der Waals surface area contributed by atoms with Crippen LogP contribution in [-0.2, 0) is 4.74 Å². The predicted octanol–water partition coefficient (Wildman–Crippen LogP) is 1.62. The third-order valence-electron chi connectivity index (χ3n) is 1.88. The highest BCUT2D eigenvalue weighted by atomic mass is 16.5. The molecule has 4 heteroatoms. The van der Waals surface area contributed by atoms with Crippen LogP contribution in [0.3, 0.4) is 0 Å². The van der Waals surface area contributed by atoms with E-state index in [4.69, 9.17) is 4.74 Å². The van der Waals surface area contributed by atoms with E-state index in [1.165, 1.54) is 0 Å². The summed E-state index contributed by atoms with van der Waals surface area (Å²) in [6, 6.07) is 3.89. The molecule has 1 heterocycles. The van der Waals surface area contributed by atoms with Crippen molar-refractivity contribution in [1.82, 2.24) is 10.2 Å². The van der Waals surface area contributed by atoms with E-state index in [-0.39, 0.29) is 0 Å². The Morgan fingerprint density at radius 1 is 1.29 bits per heavy atom. The maximum atomic E-state index is 4.95. The van der Waals surface area contributed by atoms with Crippen molar-refractivity contribution in [2.24, 2.45) is 0 Å². The number of unbranched alkanes of at least 4 members (excludes halogenated alkanes) is 1. The fraction of sp³-hybridized carbons (Fsp3) is 0.600. The van der Waals surface area contributed by atoms with E-state index in [9.17, 15) is 0 Å². The van der Waals surface area contributed by atoms with Gasteiger partial charge in [0.1, 0.15) is 5.82 Å². The number of hydrogen-bond acceptors (Lipinski definition) is 4. The van der Waals surface area contributed by atoms with E-state index in [1.807, 2.05) is 19.1 Å². The molecule has 0 unspecified atom stereocenters. The number of aromatic nitrogens is 2. The number of rotatable bonds is 6. The summed E-state index contributed by atoms with van der Waals surface area (Å²) in [7, 11) is 1.72. The molecule has 0 spiro atoms. The molecule has 4 nitrogen and oxygen atoms in total. The summed E-state index contributed by atoms with van der Waals surface area (Å²) in [6.07, 6.45) is 2.16. The van der Waals surface area contributed by atoms with Crippen molar-refractivity contribution in [3.05, 3.63) is 17.8 Å². The Bertz CT molecular complexity index is 248. The lowest BCUT2D eigenvalue weighted by Gasteiger charge is -2.04. The Kier molecular flexibility index (Phi) is 4.93. The third-order valence-corrected chi connectivity index (χ3v) is 1.88. The van der Waals surface area contributed by atoms with Crippen LogP contribution < -0.4 is 5.32 Å². The van der Waals surface area contributed by atoms with Gasteiger partial charge in [-0.2, -0.15) is 5.10 Å². The van der Waals surface area contributed by atoms with Gasteiger partial charge in [-0.15, -0.1) is 5.10 Å². The molecule has 1 rings (SSSR count). The number of anilines is 1. The molecule has 0 aromatic carbocycles. The Morgan fingerprint density at radius 2 is 2.14 bits per heavy atom. The minimum Gasteiger partial charge on any atom is -0.385 e. The highest BCUT2D eigenvalue weighted by Crippen LogP contribution is 2.01. The van der Waals surface area contributed by atoms with Crippen LogP contribution in [0.15, 0.2) is 12.1 Å². The highest BCUT2D eigenvalue weighted by molar-refractivity contribution is 5.32. The number of methoxy groups -OCH3 is 1. The molecule has 0 aliphatic heterocycles. The van der Waals surface area contributed by atoms with Gasteiger partial charge in [-0.1, -0.05) is 0 Å². The van der Waals surface area contributed by atoms with Gasteiger partial charge in [0, 0.05) is 20.3 Å². The molecule has 0 fully saturated rings. The van der Waals surface area contributed by atoms with Crippen molar-refractivity contribution in [3.63, 3.8) is 0 Å². The first-order chi connectivity index (χ1) is 6.83. The predicted molar refractivity (Wildman–Crippen MR) is 56.4 cm³/mol. The summed E-state index contributed by atoms with van der Waals surface area (Å²) in [5.74, 6) is 0.841. The van der Waals surface area contributed by atoms with Crippen molar-refractivity contribution < 1.29 is 4.74 Å². The Hall–Kier alpha value is -1.16. The Labute approximate surface area is 84.7 Å². The van der Waals surface area contributed by atoms with Crippen LogP contribution in [0, 0.1) is 6.92 Å². The van der Waals surface area contributed by atoms with Gasteiger partial charge in [0.2, 0.25) is 0 Å². The maximum Gasteiger partial charge on any atom is 0.148 e. The molecule has 0 amide bonds. The van der Waals surface area contributed by atoms with Crippen molar-refractivity contribution in [2.45, 2.75) is 19.8 Å². The highest BCUT2D eigenvalue weighted by Gasteiger charge is 1.93. The summed E-state index contributed by atoms with van der Waals surface area (Å²) in [6.45, 7) is 3.66. The van der Waals surface area contributed by atoms with Crippen molar-refractivity contribution in [2.75, 3.05) is 25.6 Å². The number of hydrogen-bond donors (Lipinski definition) is 1. The van der Waals surface area contributed by atoms with E-state index in [0.717, 1.165) is 37.5 Å². The monoisotopic (exact) mass is 195 g/mol. The first kappa shape index (κ1) is 10.9. The first-order valence-electron chi connectivity index (χ1n) is 4.86. The van der Waals surface area contributed by atoms with Gasteiger partial charge in [0.05, 0.1) is 5.69 Å². The zero-order valence-electron chi connectivity index (χ0n) is 8.79. The molecule has 0 saturated carbocycles. The average molecular weight is 195 g/mol. The van der Waals surface area contributed by atoms with E-state index >= 15 is 0 Å². The van der Waals surface area contributed by atoms with Gasteiger partial charge >= 0.3 is 0 Å². The van der Waals surface area contributed by atoms with Gasteiger partial charge in [-0.05, 0) is 31.9 Å². The van der Waals surface area contributed by atoms with Crippen LogP contribution in [0.4, 0.5) is 5.82 Å². The number of aryl methyl sites for hydroxylation is 1. The number of ether oxygens (including phenoxy) is 1. The lowest BCUT2D eigenvalue weighted by atomic mass is 10.3. The number of nitrogens with one attached hydrogen (secondary N) is 1. The molecule has 1 aromatic heterocycles. The molecule has 0 atom stereocenters. The maximum absolute atomic E-state index is 4.95. The van der Waals surface area contributed by atoms with Gasteiger partial charge in [0.15, 0.2) is 0 Å². The Balaban J connectivity index is 2.15. The molecule has 14 heavy (non-hydrogen) atoms. The zero-order valence-corrected chi connectivity index (χ0v) is 8.79. The molecule has 0 aliphatic carbocycles. The first-order valence-corrected chi connectivity index (χ1v) is 4.86. The standard InChI is InChI=1S/C10H17N3O/c1-9-5-6-10(13-12-9)11-7-3-4-8-14-2/h5-6H,3-4,7-8H2,1-2H3,(H,11,13). The molecule has 1 aromatic rings. The lowest BCUT2D eigenvalue weighted by Crippen LogP contribution is -2.05. The van der Waals surface area contributed by atoms with E-state index < -0.39 is 0 Å². The summed E-state index contributed by atoms with van der Waals surface area (Å²) in [5.41, 5.74) is 0.940. The quantitative estimate of drug-likeness (QED) is 0.701. The zero-order chi connectivity index (χ0) is 10.2. The van der Waals surface area contributed by atoms with Crippen molar-refractivity contribution in [3.8, 4) is 0 Å². The van der Waals surface area contributed by atoms with Gasteiger partial charge in [-0.25, -0.2) is 0 Å². The molecular formula is C10H17N3O. The molecular weight excluding hydrogens is 178 g/mol. The van der Waals surface area contributed by atoms with E-state index in [1.54, 1.807) is 7.11 Å². The minimum absolute atomic E-state index is 0.821. The summed E-state index contributed by atoms with van der Waals surface area (Å²) in [5, 5.41) is 11.2. The second-order valence-electron chi connectivity index (χ2n) is 3.19. The van der Waals surface area contributed by atoms with Crippen LogP contribution in [0.25, 0.3) is 0 Å². The topological polar surface area (TPSA) is 47.0 Å². The Morgan fingerprint density at radius 3 is 2.79 bits per heavy atom. The fourth-order valence-corrected chi connectivity index (χ4v) is 1.08. The fourth-order valence-electron chi connectivity index (χ4n) is 1.08. The van der Waals surface area contributed by atoms with E-state index in [2.05, 4.69) is 15.5 Å². The van der Waals surface area contributed by atoms with Gasteiger partial charge in [0.25, 0.3) is 0 Å². The molecule has 1 N–H and O–H groups in total. The van der Waals surface area contributed by atoms with Crippen LogP contribution >= 0.6 is 0 Å². The molecule has 78 valence electrons. The van der Waals surface area contributed by atoms with Crippen LogP contribution in [0.1, 0.15) is 18.5 Å². The minimum atomic E-state index is 0.821. The van der Waals surface area contributed by atoms with Crippen LogP contribution in [-0.4, -0.2) is 30.5 Å². The van der Waals surface area contributed by atoms with Gasteiger partial charge in [-0.3, -0.25) is 0 Å². The summed E-state index contributed by atoms with van der Waals surface area (Å²) < 4.78 is 4.95. The SMILES string of the molecule is COCCCCNc1ccc(C)nn1. The third kappa shape index (κ3) is 4.18. The van der Waals surface area contributed by atoms with Crippen molar-refractivity contribution in [1.29, 1.82) is 0 Å². The summed E-state index contributed by atoms with van der Waals surface area (Å²) in [4.78, 5) is 0. The normalized spacial score (nSPS) is 10.1. The average Bonchev–Trinajstić information content (AvgIpc) is 2.21.